The Balaban J connectivity index is 0. The molecule has 0 rings (SSSR count). The van der Waals surface area contributed by atoms with E-state index in [9.17, 15) is 4.39 Å². The molecule has 0 aromatic heterocycles. The van der Waals surface area contributed by atoms with Crippen LogP contribution in [0.15, 0.2) is 17.3 Å². The molecule has 1 nitrogen and oxygen atoms in total. The van der Waals surface area contributed by atoms with Gasteiger partial charge < -0.3 is 0 Å². The summed E-state index contributed by atoms with van der Waals surface area (Å²) >= 11 is 0. The number of allylic oxidation sites excluding steroid dienone is 1. The Kier molecular flexibility index (Phi) is 15.9. The molecule has 0 aliphatic carbocycles. The molecule has 16 heavy (non-hydrogen) atoms. The number of halogens is 1. The molecule has 1 atom stereocenters. The predicted octanol–water partition coefficient (Wildman–Crippen LogP) is 5.32. The third kappa shape index (κ3) is 13.3. The SMILES string of the molecule is C/C=C\N=C(C)CCCC(F)CCC.CC. The van der Waals surface area contributed by atoms with E-state index in [4.69, 9.17) is 0 Å². The molecule has 0 radical (unpaired) electrons. The van der Waals surface area contributed by atoms with Crippen LogP contribution >= 0.6 is 0 Å². The van der Waals surface area contributed by atoms with Crippen molar-refractivity contribution in [1.82, 2.24) is 0 Å². The van der Waals surface area contributed by atoms with Gasteiger partial charge in [0.05, 0.1) is 0 Å². The highest BCUT2D eigenvalue weighted by Gasteiger charge is 2.04. The molecular formula is C14H28FN. The Labute approximate surface area is 101 Å². The number of nitrogens with zero attached hydrogens (tertiary/aromatic N) is 1. The first-order chi connectivity index (χ1) is 7.70. The van der Waals surface area contributed by atoms with Gasteiger partial charge in [-0.3, -0.25) is 4.99 Å². The summed E-state index contributed by atoms with van der Waals surface area (Å²) in [4.78, 5) is 4.20. The monoisotopic (exact) mass is 229 g/mol. The molecule has 0 bridgehead atoms. The minimum atomic E-state index is -0.616. The van der Waals surface area contributed by atoms with E-state index in [0.29, 0.717) is 12.8 Å². The molecule has 0 aliphatic rings. The number of hydrogen-bond acceptors (Lipinski definition) is 1. The molecular weight excluding hydrogens is 201 g/mol. The highest BCUT2D eigenvalue weighted by atomic mass is 19.1. The number of hydrogen-bond donors (Lipinski definition) is 0. The lowest BCUT2D eigenvalue weighted by Crippen LogP contribution is -2.00. The summed E-state index contributed by atoms with van der Waals surface area (Å²) in [7, 11) is 0. The fraction of sp³-hybridized carbons (Fsp3) is 0.786. The van der Waals surface area contributed by atoms with Gasteiger partial charge in [-0.25, -0.2) is 4.39 Å². The molecule has 0 amide bonds. The van der Waals surface area contributed by atoms with E-state index in [1.54, 1.807) is 6.20 Å². The minimum Gasteiger partial charge on any atom is -0.266 e. The van der Waals surface area contributed by atoms with E-state index in [1.165, 1.54) is 0 Å². The average Bonchev–Trinajstić information content (AvgIpc) is 2.29. The van der Waals surface area contributed by atoms with Crippen molar-refractivity contribution in [2.45, 2.75) is 72.9 Å². The van der Waals surface area contributed by atoms with E-state index in [1.807, 2.05) is 40.7 Å². The van der Waals surface area contributed by atoms with Crippen LogP contribution < -0.4 is 0 Å². The van der Waals surface area contributed by atoms with E-state index in [0.717, 1.165) is 25.0 Å². The molecule has 96 valence electrons. The second-order valence-electron chi connectivity index (χ2n) is 3.62. The number of aliphatic imine (C=N–C) groups is 1. The van der Waals surface area contributed by atoms with E-state index < -0.39 is 6.17 Å². The second-order valence-corrected chi connectivity index (χ2v) is 3.62. The number of rotatable bonds is 7. The van der Waals surface area contributed by atoms with Crippen molar-refractivity contribution in [2.24, 2.45) is 4.99 Å². The minimum absolute atomic E-state index is 0.616. The molecule has 0 N–H and O–H groups in total. The standard InChI is InChI=1S/C12H22FN.C2H6/c1-4-7-12(13)9-6-8-11(3)14-10-5-2;1-2/h5,10,12H,4,6-9H2,1-3H3;1-2H3/b10-5-,14-11?;. The van der Waals surface area contributed by atoms with Crippen molar-refractivity contribution in [3.05, 3.63) is 12.3 Å². The lowest BCUT2D eigenvalue weighted by molar-refractivity contribution is 0.290. The maximum Gasteiger partial charge on any atom is 0.100 e. The normalized spacial score (nSPS) is 13.5. The lowest BCUT2D eigenvalue weighted by atomic mass is 10.1. The van der Waals surface area contributed by atoms with E-state index in [-0.39, 0.29) is 0 Å². The smallest absolute Gasteiger partial charge is 0.100 e. The van der Waals surface area contributed by atoms with Gasteiger partial charge in [-0.15, -0.1) is 0 Å². The predicted molar refractivity (Wildman–Crippen MR) is 72.9 cm³/mol. The molecule has 2 heteroatoms. The Morgan fingerprint density at radius 1 is 1.31 bits per heavy atom. The Bertz CT molecular complexity index is 185. The molecule has 0 saturated carbocycles. The van der Waals surface area contributed by atoms with Gasteiger partial charge in [-0.2, -0.15) is 0 Å². The Morgan fingerprint density at radius 3 is 2.44 bits per heavy atom. The van der Waals surface area contributed by atoms with Crippen LogP contribution in [0.5, 0.6) is 0 Å². The topological polar surface area (TPSA) is 12.4 Å². The molecule has 1 unspecified atom stereocenters. The fourth-order valence-corrected chi connectivity index (χ4v) is 1.30. The number of alkyl halides is 1. The third-order valence-electron chi connectivity index (χ3n) is 2.10. The largest absolute Gasteiger partial charge is 0.266 e. The van der Waals surface area contributed by atoms with Crippen LogP contribution in [0.3, 0.4) is 0 Å². The summed E-state index contributed by atoms with van der Waals surface area (Å²) in [5, 5.41) is 0. The zero-order chi connectivity index (χ0) is 12.8. The maximum absolute atomic E-state index is 13.1. The average molecular weight is 229 g/mol. The van der Waals surface area contributed by atoms with Crippen LogP contribution in [0, 0.1) is 0 Å². The molecule has 0 aromatic carbocycles. The van der Waals surface area contributed by atoms with Crippen molar-refractivity contribution >= 4 is 5.71 Å². The Morgan fingerprint density at radius 2 is 1.94 bits per heavy atom. The van der Waals surface area contributed by atoms with Crippen LogP contribution in [0.4, 0.5) is 4.39 Å². The van der Waals surface area contributed by atoms with Gasteiger partial charge in [0.15, 0.2) is 0 Å². The third-order valence-corrected chi connectivity index (χ3v) is 2.10. The van der Waals surface area contributed by atoms with E-state index >= 15 is 0 Å². The summed E-state index contributed by atoms with van der Waals surface area (Å²) in [6.07, 6.45) is 7.21. The van der Waals surface area contributed by atoms with Crippen LogP contribution in [-0.2, 0) is 0 Å². The van der Waals surface area contributed by atoms with Crippen LogP contribution in [0.1, 0.15) is 66.7 Å². The highest BCUT2D eigenvalue weighted by Crippen LogP contribution is 2.10. The first kappa shape index (κ1) is 17.7. The van der Waals surface area contributed by atoms with Gasteiger partial charge in [0.2, 0.25) is 0 Å². The van der Waals surface area contributed by atoms with Crippen molar-refractivity contribution in [3.8, 4) is 0 Å². The molecule has 0 saturated heterocycles. The van der Waals surface area contributed by atoms with E-state index in [2.05, 4.69) is 4.99 Å². The van der Waals surface area contributed by atoms with Crippen LogP contribution in [0.2, 0.25) is 0 Å². The molecule has 0 heterocycles. The second kappa shape index (κ2) is 14.3. The molecule has 0 aliphatic heterocycles. The lowest BCUT2D eigenvalue weighted by Gasteiger charge is -2.05. The van der Waals surface area contributed by atoms with Crippen molar-refractivity contribution in [3.63, 3.8) is 0 Å². The highest BCUT2D eigenvalue weighted by molar-refractivity contribution is 5.82. The van der Waals surface area contributed by atoms with Crippen LogP contribution in [-0.4, -0.2) is 11.9 Å². The molecule has 0 spiro atoms. The summed E-state index contributed by atoms with van der Waals surface area (Å²) in [6, 6.07) is 0. The summed E-state index contributed by atoms with van der Waals surface area (Å²) in [5.74, 6) is 0. The van der Waals surface area contributed by atoms with Crippen molar-refractivity contribution in [2.75, 3.05) is 0 Å². The summed E-state index contributed by atoms with van der Waals surface area (Å²) < 4.78 is 13.1. The fourth-order valence-electron chi connectivity index (χ4n) is 1.30. The van der Waals surface area contributed by atoms with Crippen molar-refractivity contribution < 1.29 is 4.39 Å². The van der Waals surface area contributed by atoms with Gasteiger partial charge in [0, 0.05) is 11.9 Å². The summed E-state index contributed by atoms with van der Waals surface area (Å²) in [5.41, 5.74) is 1.09. The van der Waals surface area contributed by atoms with Crippen molar-refractivity contribution in [1.29, 1.82) is 0 Å². The first-order valence-corrected chi connectivity index (χ1v) is 6.49. The van der Waals surface area contributed by atoms with Gasteiger partial charge in [0.1, 0.15) is 6.17 Å². The molecule has 0 fully saturated rings. The van der Waals surface area contributed by atoms with Crippen LogP contribution in [0.25, 0.3) is 0 Å². The first-order valence-electron chi connectivity index (χ1n) is 6.49. The zero-order valence-electron chi connectivity index (χ0n) is 11.6. The van der Waals surface area contributed by atoms with Gasteiger partial charge in [0.25, 0.3) is 0 Å². The van der Waals surface area contributed by atoms with Gasteiger partial charge >= 0.3 is 0 Å². The van der Waals surface area contributed by atoms with Gasteiger partial charge in [-0.1, -0.05) is 33.3 Å². The molecule has 0 aromatic rings. The zero-order valence-corrected chi connectivity index (χ0v) is 11.6. The summed E-state index contributed by atoms with van der Waals surface area (Å²) in [6.45, 7) is 9.95. The maximum atomic E-state index is 13.1. The quantitative estimate of drug-likeness (QED) is 0.524. The van der Waals surface area contributed by atoms with Gasteiger partial charge in [-0.05, 0) is 39.5 Å². The Hall–Kier alpha value is -0.660.